The minimum Gasteiger partial charge on any atom is -0.465 e. The molecule has 36 heavy (non-hydrogen) atoms. The second-order valence-electron chi connectivity index (χ2n) is 10.2. The summed E-state index contributed by atoms with van der Waals surface area (Å²) in [6.45, 7) is 6.16. The van der Waals surface area contributed by atoms with Crippen LogP contribution in [0.25, 0.3) is 0 Å². The van der Waals surface area contributed by atoms with Gasteiger partial charge in [-0.15, -0.1) is 5.10 Å². The fourth-order valence-corrected chi connectivity index (χ4v) is 4.73. The summed E-state index contributed by atoms with van der Waals surface area (Å²) >= 11 is 0. The molecule has 0 aliphatic heterocycles. The fourth-order valence-electron chi connectivity index (χ4n) is 4.73. The number of hydrogen-bond donors (Lipinski definition) is 1. The van der Waals surface area contributed by atoms with Crippen LogP contribution in [0.4, 0.5) is 0 Å². The predicted octanol–water partition coefficient (Wildman–Crippen LogP) is 6.02. The van der Waals surface area contributed by atoms with Crippen molar-refractivity contribution in [3.63, 3.8) is 0 Å². The molecule has 0 saturated heterocycles. The number of carbonyl (C=O) groups excluding carboxylic acids is 1. The molecule has 1 saturated carbocycles. The molecular formula is C31H34N2O3. The minimum atomic E-state index is -1.02. The van der Waals surface area contributed by atoms with Crippen LogP contribution >= 0.6 is 0 Å². The van der Waals surface area contributed by atoms with Crippen LogP contribution in [0.15, 0.2) is 101 Å². The summed E-state index contributed by atoms with van der Waals surface area (Å²) in [6.07, 6.45) is 0.684. The summed E-state index contributed by atoms with van der Waals surface area (Å²) in [6, 6.07) is 29.6. The highest BCUT2D eigenvalue weighted by molar-refractivity contribution is 6.13. The number of esters is 1. The number of hydrogen-bond acceptors (Lipinski definition) is 5. The maximum absolute atomic E-state index is 13.5. The average molecular weight is 483 g/mol. The third-order valence-corrected chi connectivity index (χ3v) is 6.40. The van der Waals surface area contributed by atoms with Crippen LogP contribution in [0.5, 0.6) is 0 Å². The Morgan fingerprint density at radius 1 is 0.944 bits per heavy atom. The SMILES string of the molecule is CC(C)COC(=O)C1C(=NN=C(c2ccccc2)c2ccccc2)CC(C)(O)CC1c1ccccc1. The first-order valence-corrected chi connectivity index (χ1v) is 12.5. The topological polar surface area (TPSA) is 71.2 Å². The van der Waals surface area contributed by atoms with Gasteiger partial charge in [0.2, 0.25) is 0 Å². The number of ether oxygens (including phenoxy) is 1. The van der Waals surface area contributed by atoms with Gasteiger partial charge in [0.1, 0.15) is 11.6 Å². The zero-order chi connectivity index (χ0) is 25.5. The predicted molar refractivity (Wildman–Crippen MR) is 144 cm³/mol. The van der Waals surface area contributed by atoms with E-state index in [1.54, 1.807) is 6.92 Å². The van der Waals surface area contributed by atoms with Crippen LogP contribution in [0.3, 0.4) is 0 Å². The molecule has 1 N–H and O–H groups in total. The van der Waals surface area contributed by atoms with Crippen LogP contribution in [-0.4, -0.2) is 34.7 Å². The van der Waals surface area contributed by atoms with E-state index < -0.39 is 11.5 Å². The van der Waals surface area contributed by atoms with Gasteiger partial charge in [-0.2, -0.15) is 5.10 Å². The summed E-state index contributed by atoms with van der Waals surface area (Å²) < 4.78 is 5.72. The molecule has 0 amide bonds. The lowest BCUT2D eigenvalue weighted by atomic mass is 9.68. The second-order valence-corrected chi connectivity index (χ2v) is 10.2. The van der Waals surface area contributed by atoms with Crippen molar-refractivity contribution in [1.82, 2.24) is 0 Å². The van der Waals surface area contributed by atoms with E-state index in [0.29, 0.717) is 24.5 Å². The molecule has 0 aromatic heterocycles. The zero-order valence-electron chi connectivity index (χ0n) is 21.2. The van der Waals surface area contributed by atoms with Crippen molar-refractivity contribution in [1.29, 1.82) is 0 Å². The maximum atomic E-state index is 13.5. The van der Waals surface area contributed by atoms with Crippen LogP contribution in [0.2, 0.25) is 0 Å². The Hall–Kier alpha value is -3.57. The van der Waals surface area contributed by atoms with Crippen molar-refractivity contribution < 1.29 is 14.6 Å². The number of nitrogens with zero attached hydrogens (tertiary/aromatic N) is 2. The molecule has 3 aromatic carbocycles. The van der Waals surface area contributed by atoms with E-state index in [9.17, 15) is 9.90 Å². The van der Waals surface area contributed by atoms with Crippen molar-refractivity contribution in [2.75, 3.05) is 6.61 Å². The van der Waals surface area contributed by atoms with E-state index in [1.807, 2.05) is 105 Å². The summed E-state index contributed by atoms with van der Waals surface area (Å²) in [7, 11) is 0. The molecule has 1 fully saturated rings. The van der Waals surface area contributed by atoms with Crippen LogP contribution < -0.4 is 0 Å². The first kappa shape index (κ1) is 25.5. The molecule has 1 aliphatic rings. The van der Waals surface area contributed by atoms with E-state index in [-0.39, 0.29) is 24.2 Å². The van der Waals surface area contributed by atoms with Gasteiger partial charge in [0.15, 0.2) is 0 Å². The summed E-state index contributed by atoms with van der Waals surface area (Å²) in [5.74, 6) is -0.983. The highest BCUT2D eigenvalue weighted by atomic mass is 16.5. The number of carbonyl (C=O) groups is 1. The summed E-state index contributed by atoms with van der Waals surface area (Å²) in [4.78, 5) is 13.5. The Morgan fingerprint density at radius 3 is 2.00 bits per heavy atom. The van der Waals surface area contributed by atoms with E-state index in [2.05, 4.69) is 5.10 Å². The van der Waals surface area contributed by atoms with Gasteiger partial charge in [-0.25, -0.2) is 0 Å². The Bertz CT molecular complexity index is 1160. The van der Waals surface area contributed by atoms with Gasteiger partial charge < -0.3 is 9.84 Å². The van der Waals surface area contributed by atoms with E-state index >= 15 is 0 Å². The van der Waals surface area contributed by atoms with Crippen molar-refractivity contribution in [2.45, 2.75) is 45.1 Å². The Morgan fingerprint density at radius 2 is 1.47 bits per heavy atom. The van der Waals surface area contributed by atoms with Crippen LogP contribution in [0.1, 0.15) is 56.2 Å². The molecule has 0 spiro atoms. The average Bonchev–Trinajstić information content (AvgIpc) is 2.88. The van der Waals surface area contributed by atoms with Gasteiger partial charge in [-0.05, 0) is 24.8 Å². The summed E-state index contributed by atoms with van der Waals surface area (Å²) in [5.41, 5.74) is 3.05. The van der Waals surface area contributed by atoms with E-state index in [1.165, 1.54) is 0 Å². The second kappa shape index (κ2) is 11.4. The molecule has 0 bridgehead atoms. The smallest absolute Gasteiger partial charge is 0.315 e. The fraction of sp³-hybridized carbons (Fsp3) is 0.323. The highest BCUT2D eigenvalue weighted by Crippen LogP contribution is 2.42. The van der Waals surface area contributed by atoms with Crippen molar-refractivity contribution in [3.05, 3.63) is 108 Å². The monoisotopic (exact) mass is 482 g/mol. The Balaban J connectivity index is 1.81. The molecule has 186 valence electrons. The molecule has 5 heteroatoms. The lowest BCUT2D eigenvalue weighted by molar-refractivity contribution is -0.149. The Kier molecular flexibility index (Phi) is 8.11. The van der Waals surface area contributed by atoms with Gasteiger partial charge in [-0.1, -0.05) is 105 Å². The molecule has 0 heterocycles. The van der Waals surface area contributed by atoms with Crippen molar-refractivity contribution >= 4 is 17.4 Å². The first-order chi connectivity index (χ1) is 17.3. The van der Waals surface area contributed by atoms with Gasteiger partial charge in [0.05, 0.1) is 17.9 Å². The molecule has 3 unspecified atom stereocenters. The number of aliphatic hydroxyl groups is 1. The number of benzene rings is 3. The van der Waals surface area contributed by atoms with Crippen LogP contribution in [0, 0.1) is 11.8 Å². The third kappa shape index (κ3) is 6.35. The zero-order valence-corrected chi connectivity index (χ0v) is 21.2. The van der Waals surface area contributed by atoms with Gasteiger partial charge in [-0.3, -0.25) is 4.79 Å². The molecular weight excluding hydrogens is 448 g/mol. The third-order valence-electron chi connectivity index (χ3n) is 6.40. The van der Waals surface area contributed by atoms with Gasteiger partial charge in [0.25, 0.3) is 0 Å². The lowest BCUT2D eigenvalue weighted by Crippen LogP contribution is -2.45. The Labute approximate surface area is 213 Å². The largest absolute Gasteiger partial charge is 0.465 e. The van der Waals surface area contributed by atoms with Crippen molar-refractivity contribution in [2.24, 2.45) is 22.0 Å². The standard InChI is InChI=1S/C31H34N2O3/c1-22(2)21-36-30(34)28-26(23-13-7-4-8-14-23)19-31(3,35)20-27(28)32-33-29(24-15-9-5-10-16-24)25-17-11-6-12-18-25/h4-18,22,26,28,35H,19-21H2,1-3H3. The highest BCUT2D eigenvalue weighted by Gasteiger charge is 2.45. The maximum Gasteiger partial charge on any atom is 0.315 e. The van der Waals surface area contributed by atoms with E-state index in [0.717, 1.165) is 16.7 Å². The normalized spacial score (nSPS) is 22.9. The van der Waals surface area contributed by atoms with E-state index in [4.69, 9.17) is 9.84 Å². The summed E-state index contributed by atoms with van der Waals surface area (Å²) in [5, 5.41) is 20.6. The molecule has 1 aliphatic carbocycles. The van der Waals surface area contributed by atoms with Gasteiger partial charge in [0, 0.05) is 23.5 Å². The molecule has 0 radical (unpaired) electrons. The molecule has 3 aromatic rings. The quantitative estimate of drug-likeness (QED) is 0.254. The first-order valence-electron chi connectivity index (χ1n) is 12.5. The van der Waals surface area contributed by atoms with Gasteiger partial charge >= 0.3 is 5.97 Å². The molecule has 4 rings (SSSR count). The number of rotatable bonds is 7. The molecule has 3 atom stereocenters. The molecule has 5 nitrogen and oxygen atoms in total. The van der Waals surface area contributed by atoms with Crippen molar-refractivity contribution in [3.8, 4) is 0 Å². The van der Waals surface area contributed by atoms with Crippen LogP contribution in [-0.2, 0) is 9.53 Å². The lowest BCUT2D eigenvalue weighted by Gasteiger charge is -2.39. The minimum absolute atomic E-state index is 0.219.